The van der Waals surface area contributed by atoms with Crippen LogP contribution in [0.5, 0.6) is 5.75 Å². The van der Waals surface area contributed by atoms with E-state index in [0.29, 0.717) is 16.7 Å². The summed E-state index contributed by atoms with van der Waals surface area (Å²) in [4.78, 5) is 16.3. The number of thioether (sulfide) groups is 1. The van der Waals surface area contributed by atoms with Gasteiger partial charge in [-0.15, -0.1) is 5.10 Å². The van der Waals surface area contributed by atoms with E-state index >= 15 is 0 Å². The van der Waals surface area contributed by atoms with Crippen molar-refractivity contribution >= 4 is 17.7 Å². The van der Waals surface area contributed by atoms with E-state index in [2.05, 4.69) is 34.3 Å². The van der Waals surface area contributed by atoms with Crippen molar-refractivity contribution < 1.29 is 9.53 Å². The highest BCUT2D eigenvalue weighted by Gasteiger charge is 2.11. The van der Waals surface area contributed by atoms with Gasteiger partial charge >= 0.3 is 0 Å². The quantitative estimate of drug-likeness (QED) is 0.726. The van der Waals surface area contributed by atoms with E-state index in [1.54, 1.807) is 7.11 Å². The molecule has 0 saturated heterocycles. The first-order valence-electron chi connectivity index (χ1n) is 7.65. The lowest BCUT2D eigenvalue weighted by Gasteiger charge is -2.13. The highest BCUT2D eigenvalue weighted by atomic mass is 32.2. The average molecular weight is 334 g/mol. The van der Waals surface area contributed by atoms with Crippen LogP contribution in [0.25, 0.3) is 11.4 Å². The van der Waals surface area contributed by atoms with Crippen LogP contribution in [-0.4, -0.2) is 40.0 Å². The molecule has 0 saturated carbocycles. The number of hydrogen-bond acceptors (Lipinski definition) is 5. The first-order chi connectivity index (χ1) is 11.2. The molecule has 7 heteroatoms. The molecule has 124 valence electrons. The fourth-order valence-electron chi connectivity index (χ4n) is 2.08. The van der Waals surface area contributed by atoms with E-state index in [1.807, 2.05) is 24.3 Å². The number of benzene rings is 1. The van der Waals surface area contributed by atoms with Gasteiger partial charge in [-0.2, -0.15) is 0 Å². The van der Waals surface area contributed by atoms with E-state index in [1.165, 1.54) is 11.8 Å². The standard InChI is InChI=1S/C16H22N4O2S/c1-4-12(5-2)17-14(21)10-23-16-18-15(19-20-16)11-6-8-13(22-3)9-7-11/h6-9,12H,4-5,10H2,1-3H3,(H,17,21)(H,18,19,20). The average Bonchev–Trinajstić information content (AvgIpc) is 3.07. The number of nitrogens with one attached hydrogen (secondary N) is 2. The van der Waals surface area contributed by atoms with Crippen molar-refractivity contribution in [3.05, 3.63) is 24.3 Å². The first kappa shape index (κ1) is 17.3. The number of aromatic nitrogens is 3. The topological polar surface area (TPSA) is 79.9 Å². The summed E-state index contributed by atoms with van der Waals surface area (Å²) in [6.45, 7) is 4.13. The largest absolute Gasteiger partial charge is 0.497 e. The third-order valence-electron chi connectivity index (χ3n) is 3.51. The van der Waals surface area contributed by atoms with Crippen molar-refractivity contribution in [3.63, 3.8) is 0 Å². The fourth-order valence-corrected chi connectivity index (χ4v) is 2.69. The maximum Gasteiger partial charge on any atom is 0.230 e. The predicted octanol–water partition coefficient (Wildman–Crippen LogP) is 2.88. The molecule has 2 rings (SSSR count). The van der Waals surface area contributed by atoms with E-state index in [9.17, 15) is 4.79 Å². The van der Waals surface area contributed by atoms with Crippen LogP contribution in [0, 0.1) is 0 Å². The molecule has 1 aromatic carbocycles. The Morgan fingerprint density at radius 1 is 1.30 bits per heavy atom. The highest BCUT2D eigenvalue weighted by Crippen LogP contribution is 2.21. The van der Waals surface area contributed by atoms with Crippen LogP contribution in [0.4, 0.5) is 0 Å². The van der Waals surface area contributed by atoms with Crippen molar-refractivity contribution in [2.45, 2.75) is 37.9 Å². The highest BCUT2D eigenvalue weighted by molar-refractivity contribution is 7.99. The Bertz CT molecular complexity index is 623. The number of nitrogens with zero attached hydrogens (tertiary/aromatic N) is 2. The Morgan fingerprint density at radius 2 is 2.00 bits per heavy atom. The number of amides is 1. The van der Waals surface area contributed by atoms with Gasteiger partial charge in [0, 0.05) is 11.6 Å². The van der Waals surface area contributed by atoms with Crippen LogP contribution in [0.1, 0.15) is 26.7 Å². The number of hydrogen-bond donors (Lipinski definition) is 2. The van der Waals surface area contributed by atoms with Crippen molar-refractivity contribution in [2.75, 3.05) is 12.9 Å². The number of methoxy groups -OCH3 is 1. The van der Waals surface area contributed by atoms with Gasteiger partial charge in [0.15, 0.2) is 5.82 Å². The van der Waals surface area contributed by atoms with Crippen molar-refractivity contribution in [1.82, 2.24) is 20.5 Å². The number of rotatable bonds is 8. The zero-order valence-corrected chi connectivity index (χ0v) is 14.4. The molecule has 0 unspecified atom stereocenters. The molecule has 23 heavy (non-hydrogen) atoms. The van der Waals surface area contributed by atoms with E-state index in [4.69, 9.17) is 4.74 Å². The summed E-state index contributed by atoms with van der Waals surface area (Å²) in [6.07, 6.45) is 1.88. The molecule has 1 amide bonds. The second-order valence-corrected chi connectivity index (χ2v) is 6.01. The van der Waals surface area contributed by atoms with Crippen LogP contribution in [0.2, 0.25) is 0 Å². The minimum absolute atomic E-state index is 0.0134. The molecular formula is C16H22N4O2S. The molecule has 0 aliphatic carbocycles. The Labute approximate surface area is 140 Å². The van der Waals surface area contributed by atoms with Crippen LogP contribution in [-0.2, 0) is 4.79 Å². The summed E-state index contributed by atoms with van der Waals surface area (Å²) in [5, 5.41) is 10.6. The van der Waals surface area contributed by atoms with Gasteiger partial charge in [0.1, 0.15) is 5.75 Å². The zero-order chi connectivity index (χ0) is 16.7. The third-order valence-corrected chi connectivity index (χ3v) is 4.36. The summed E-state index contributed by atoms with van der Waals surface area (Å²) >= 11 is 1.32. The molecule has 0 aliphatic rings. The second-order valence-electron chi connectivity index (χ2n) is 5.06. The van der Waals surface area contributed by atoms with Gasteiger partial charge in [0.2, 0.25) is 11.1 Å². The summed E-state index contributed by atoms with van der Waals surface area (Å²) < 4.78 is 5.13. The van der Waals surface area contributed by atoms with Crippen LogP contribution >= 0.6 is 11.8 Å². The van der Waals surface area contributed by atoms with Gasteiger partial charge in [-0.1, -0.05) is 25.6 Å². The smallest absolute Gasteiger partial charge is 0.230 e. The molecule has 2 aromatic rings. The maximum absolute atomic E-state index is 11.9. The molecule has 0 atom stereocenters. The monoisotopic (exact) mass is 334 g/mol. The second kappa shape index (κ2) is 8.57. The lowest BCUT2D eigenvalue weighted by molar-refractivity contribution is -0.119. The Balaban J connectivity index is 1.90. The van der Waals surface area contributed by atoms with Crippen LogP contribution in [0.15, 0.2) is 29.4 Å². The van der Waals surface area contributed by atoms with Crippen LogP contribution in [0.3, 0.4) is 0 Å². The molecule has 1 aromatic heterocycles. The molecule has 0 spiro atoms. The van der Waals surface area contributed by atoms with Gasteiger partial charge in [0.05, 0.1) is 12.9 Å². The number of ether oxygens (including phenoxy) is 1. The lowest BCUT2D eigenvalue weighted by atomic mass is 10.2. The third kappa shape index (κ3) is 4.99. The van der Waals surface area contributed by atoms with Crippen molar-refractivity contribution in [3.8, 4) is 17.1 Å². The minimum atomic E-state index is 0.0134. The summed E-state index contributed by atoms with van der Waals surface area (Å²) in [6, 6.07) is 7.80. The molecule has 1 heterocycles. The fraction of sp³-hybridized carbons (Fsp3) is 0.438. The van der Waals surface area contributed by atoms with E-state index in [-0.39, 0.29) is 11.9 Å². The number of aromatic amines is 1. The van der Waals surface area contributed by atoms with Crippen LogP contribution < -0.4 is 10.1 Å². The zero-order valence-electron chi connectivity index (χ0n) is 13.6. The van der Waals surface area contributed by atoms with Crippen molar-refractivity contribution in [1.29, 1.82) is 0 Å². The number of carbonyl (C=O) groups excluding carboxylic acids is 1. The lowest BCUT2D eigenvalue weighted by Crippen LogP contribution is -2.35. The summed E-state index contributed by atoms with van der Waals surface area (Å²) in [5.41, 5.74) is 0.923. The van der Waals surface area contributed by atoms with Gasteiger partial charge in [-0.3, -0.25) is 9.89 Å². The Kier molecular flexibility index (Phi) is 6.46. The molecule has 0 fully saturated rings. The van der Waals surface area contributed by atoms with Gasteiger partial charge in [-0.05, 0) is 37.1 Å². The summed E-state index contributed by atoms with van der Waals surface area (Å²) in [7, 11) is 1.63. The van der Waals surface area contributed by atoms with Crippen molar-refractivity contribution in [2.24, 2.45) is 0 Å². The Morgan fingerprint density at radius 3 is 2.61 bits per heavy atom. The van der Waals surface area contributed by atoms with E-state index < -0.39 is 0 Å². The Hall–Kier alpha value is -2.02. The molecular weight excluding hydrogens is 312 g/mol. The predicted molar refractivity (Wildman–Crippen MR) is 91.6 cm³/mol. The first-order valence-corrected chi connectivity index (χ1v) is 8.63. The summed E-state index contributed by atoms with van der Waals surface area (Å²) in [5.74, 6) is 1.80. The van der Waals surface area contributed by atoms with Gasteiger partial charge < -0.3 is 10.1 Å². The number of carbonyl (C=O) groups is 1. The normalized spacial score (nSPS) is 10.8. The van der Waals surface area contributed by atoms with E-state index in [0.717, 1.165) is 24.2 Å². The maximum atomic E-state index is 11.9. The van der Waals surface area contributed by atoms with Gasteiger partial charge in [0.25, 0.3) is 0 Å². The molecule has 2 N–H and O–H groups in total. The molecule has 0 bridgehead atoms. The number of H-pyrrole nitrogens is 1. The SMILES string of the molecule is CCC(CC)NC(=O)CSc1n[nH]c(-c2ccc(OC)cc2)n1. The molecule has 0 radical (unpaired) electrons. The molecule has 0 aliphatic heterocycles. The minimum Gasteiger partial charge on any atom is -0.497 e. The molecule has 6 nitrogen and oxygen atoms in total. The van der Waals surface area contributed by atoms with Gasteiger partial charge in [-0.25, -0.2) is 4.98 Å².